The Morgan fingerprint density at radius 1 is 1.17 bits per heavy atom. The molecule has 0 aliphatic heterocycles. The number of aromatic nitrogens is 1. The normalized spacial score (nSPS) is 12.3. The molecule has 0 spiro atoms. The number of nitrogens with one attached hydrogen (secondary N) is 1. The largest absolute Gasteiger partial charge is 0.490 e. The number of fused-ring (bicyclic) bond motifs is 1. The predicted octanol–water partition coefficient (Wildman–Crippen LogP) is 4.11. The van der Waals surface area contributed by atoms with Crippen molar-refractivity contribution in [2.75, 3.05) is 0 Å². The molecule has 0 fully saturated rings. The molecule has 2 aromatic heterocycles. The molecule has 1 N–H and O–H groups in total. The van der Waals surface area contributed by atoms with Gasteiger partial charge in [-0.2, -0.15) is 0 Å². The number of hydrogen-bond donors (Lipinski definition) is 1. The topological polar surface area (TPSA) is 64.4 Å². The van der Waals surface area contributed by atoms with E-state index in [-0.39, 0.29) is 18.1 Å². The number of amides is 1. The number of nitrogens with zero attached hydrogens (tertiary/aromatic N) is 1. The second-order valence-electron chi connectivity index (χ2n) is 5.95. The lowest BCUT2D eigenvalue weighted by Crippen LogP contribution is -2.26. The third kappa shape index (κ3) is 3.40. The van der Waals surface area contributed by atoms with Gasteiger partial charge in [-0.3, -0.25) is 9.78 Å². The van der Waals surface area contributed by atoms with Gasteiger partial charge < -0.3 is 14.5 Å². The van der Waals surface area contributed by atoms with E-state index < -0.39 is 0 Å². The van der Waals surface area contributed by atoms with Crippen LogP contribution in [0, 0.1) is 0 Å². The zero-order valence-corrected chi connectivity index (χ0v) is 13.9. The van der Waals surface area contributed by atoms with E-state index in [0.717, 1.165) is 10.9 Å². The Morgan fingerprint density at radius 2 is 1.92 bits per heavy atom. The van der Waals surface area contributed by atoms with E-state index in [1.165, 1.54) is 0 Å². The molecule has 0 aliphatic rings. The van der Waals surface area contributed by atoms with Crippen LogP contribution in [0.2, 0.25) is 0 Å². The van der Waals surface area contributed by atoms with Gasteiger partial charge in [0, 0.05) is 18.0 Å². The van der Waals surface area contributed by atoms with Gasteiger partial charge in [0.25, 0.3) is 5.91 Å². The fourth-order valence-electron chi connectivity index (χ4n) is 2.54. The Labute approximate surface area is 140 Å². The van der Waals surface area contributed by atoms with Crippen LogP contribution in [0.25, 0.3) is 11.0 Å². The third-order valence-corrected chi connectivity index (χ3v) is 3.71. The van der Waals surface area contributed by atoms with E-state index in [9.17, 15) is 4.79 Å². The number of furan rings is 1. The predicted molar refractivity (Wildman–Crippen MR) is 92.1 cm³/mol. The molecule has 0 unspecified atom stereocenters. The summed E-state index contributed by atoms with van der Waals surface area (Å²) in [6.07, 6.45) is 5.03. The molecule has 5 heteroatoms. The van der Waals surface area contributed by atoms with Gasteiger partial charge in [0.1, 0.15) is 11.3 Å². The number of pyridine rings is 1. The van der Waals surface area contributed by atoms with Crippen LogP contribution >= 0.6 is 0 Å². The first-order valence-electron chi connectivity index (χ1n) is 7.93. The molecule has 1 aromatic carbocycles. The minimum absolute atomic E-state index is 0.0113. The summed E-state index contributed by atoms with van der Waals surface area (Å²) in [6, 6.07) is 8.97. The van der Waals surface area contributed by atoms with Crippen LogP contribution in [-0.4, -0.2) is 17.0 Å². The minimum atomic E-state index is -0.175. The second-order valence-corrected chi connectivity index (χ2v) is 5.95. The minimum Gasteiger partial charge on any atom is -0.490 e. The molecule has 0 bridgehead atoms. The third-order valence-electron chi connectivity index (χ3n) is 3.71. The molecule has 0 aliphatic carbocycles. The number of rotatable bonds is 5. The molecule has 1 atom stereocenters. The number of carbonyl (C=O) groups excluding carboxylic acids is 1. The SMILES string of the molecule is CC(C)Oc1cc(C(=O)N[C@@H](C)c2ccncc2)cc2occc12. The van der Waals surface area contributed by atoms with Crippen molar-refractivity contribution in [3.63, 3.8) is 0 Å². The second kappa shape index (κ2) is 6.74. The highest BCUT2D eigenvalue weighted by molar-refractivity contribution is 5.99. The highest BCUT2D eigenvalue weighted by Gasteiger charge is 2.16. The molecule has 3 aromatic rings. The monoisotopic (exact) mass is 324 g/mol. The van der Waals surface area contributed by atoms with Crippen LogP contribution in [0.1, 0.15) is 42.7 Å². The number of carbonyl (C=O) groups is 1. The average molecular weight is 324 g/mol. The molecule has 1 amide bonds. The van der Waals surface area contributed by atoms with Crippen LogP contribution in [0.15, 0.2) is 53.4 Å². The lowest BCUT2D eigenvalue weighted by molar-refractivity contribution is 0.0939. The highest BCUT2D eigenvalue weighted by Crippen LogP contribution is 2.29. The van der Waals surface area contributed by atoms with Crippen molar-refractivity contribution in [1.29, 1.82) is 0 Å². The van der Waals surface area contributed by atoms with Crippen molar-refractivity contribution in [1.82, 2.24) is 10.3 Å². The van der Waals surface area contributed by atoms with E-state index >= 15 is 0 Å². The van der Waals surface area contributed by atoms with Crippen molar-refractivity contribution < 1.29 is 13.9 Å². The Hall–Kier alpha value is -2.82. The van der Waals surface area contributed by atoms with E-state index in [4.69, 9.17) is 9.15 Å². The van der Waals surface area contributed by atoms with Crippen molar-refractivity contribution >= 4 is 16.9 Å². The van der Waals surface area contributed by atoms with Crippen LogP contribution in [-0.2, 0) is 0 Å². The summed E-state index contributed by atoms with van der Waals surface area (Å²) < 4.78 is 11.3. The Bertz CT molecular complexity index is 840. The summed E-state index contributed by atoms with van der Waals surface area (Å²) in [7, 11) is 0. The lowest BCUT2D eigenvalue weighted by Gasteiger charge is -2.15. The molecule has 3 rings (SSSR count). The summed E-state index contributed by atoms with van der Waals surface area (Å²) in [5.74, 6) is 0.476. The van der Waals surface area contributed by atoms with Gasteiger partial charge in [-0.25, -0.2) is 0 Å². The maximum atomic E-state index is 12.6. The maximum absolute atomic E-state index is 12.6. The molecule has 24 heavy (non-hydrogen) atoms. The van der Waals surface area contributed by atoms with E-state index in [2.05, 4.69) is 10.3 Å². The average Bonchev–Trinajstić information content (AvgIpc) is 3.04. The summed E-state index contributed by atoms with van der Waals surface area (Å²) >= 11 is 0. The van der Waals surface area contributed by atoms with E-state index in [1.807, 2.05) is 39.0 Å². The number of ether oxygens (including phenoxy) is 1. The van der Waals surface area contributed by atoms with Gasteiger partial charge in [0.05, 0.1) is 23.8 Å². The van der Waals surface area contributed by atoms with E-state index in [1.54, 1.807) is 30.8 Å². The fourth-order valence-corrected chi connectivity index (χ4v) is 2.54. The first-order valence-corrected chi connectivity index (χ1v) is 7.93. The van der Waals surface area contributed by atoms with Gasteiger partial charge in [0.2, 0.25) is 0 Å². The summed E-state index contributed by atoms with van der Waals surface area (Å²) in [4.78, 5) is 16.6. The van der Waals surface area contributed by atoms with Gasteiger partial charge in [-0.15, -0.1) is 0 Å². The van der Waals surface area contributed by atoms with E-state index in [0.29, 0.717) is 16.9 Å². The Morgan fingerprint density at radius 3 is 2.62 bits per heavy atom. The molecule has 0 radical (unpaired) electrons. The maximum Gasteiger partial charge on any atom is 0.252 e. The Balaban J connectivity index is 1.86. The van der Waals surface area contributed by atoms with Gasteiger partial charge in [-0.05, 0) is 56.7 Å². The fraction of sp³-hybridized carbons (Fsp3) is 0.263. The lowest BCUT2D eigenvalue weighted by atomic mass is 10.1. The standard InChI is InChI=1S/C19H20N2O3/c1-12(2)24-18-11-15(10-17-16(18)6-9-23-17)19(22)21-13(3)14-4-7-20-8-5-14/h4-13H,1-3H3,(H,21,22)/t13-/m0/s1. The molecule has 5 nitrogen and oxygen atoms in total. The van der Waals surface area contributed by atoms with Crippen molar-refractivity contribution in [3.8, 4) is 5.75 Å². The first kappa shape index (κ1) is 16.1. The summed E-state index contributed by atoms with van der Waals surface area (Å²) in [5, 5.41) is 3.85. The van der Waals surface area contributed by atoms with Crippen molar-refractivity contribution in [3.05, 3.63) is 60.1 Å². The van der Waals surface area contributed by atoms with Crippen LogP contribution in [0.5, 0.6) is 5.75 Å². The quantitative estimate of drug-likeness (QED) is 0.767. The molecule has 124 valence electrons. The van der Waals surface area contributed by atoms with Crippen LogP contribution in [0.3, 0.4) is 0 Å². The van der Waals surface area contributed by atoms with Crippen molar-refractivity contribution in [2.45, 2.75) is 32.9 Å². The Kier molecular flexibility index (Phi) is 4.51. The molecular formula is C19H20N2O3. The van der Waals surface area contributed by atoms with Gasteiger partial charge in [0.15, 0.2) is 0 Å². The molecular weight excluding hydrogens is 304 g/mol. The van der Waals surface area contributed by atoms with Crippen molar-refractivity contribution in [2.24, 2.45) is 0 Å². The highest BCUT2D eigenvalue weighted by atomic mass is 16.5. The summed E-state index contributed by atoms with van der Waals surface area (Å²) in [5.41, 5.74) is 2.14. The molecule has 2 heterocycles. The first-order chi connectivity index (χ1) is 11.5. The zero-order valence-electron chi connectivity index (χ0n) is 13.9. The smallest absolute Gasteiger partial charge is 0.252 e. The number of hydrogen-bond acceptors (Lipinski definition) is 4. The van der Waals surface area contributed by atoms with Gasteiger partial charge in [-0.1, -0.05) is 0 Å². The van der Waals surface area contributed by atoms with Crippen LogP contribution in [0.4, 0.5) is 0 Å². The van der Waals surface area contributed by atoms with Gasteiger partial charge >= 0.3 is 0 Å². The molecule has 0 saturated carbocycles. The van der Waals surface area contributed by atoms with Crippen LogP contribution < -0.4 is 10.1 Å². The summed E-state index contributed by atoms with van der Waals surface area (Å²) in [6.45, 7) is 5.83. The number of benzene rings is 1. The zero-order chi connectivity index (χ0) is 17.1. The molecule has 0 saturated heterocycles.